The SMILES string of the molecule is C=N/C=C(C)\C=C1\C=CC1.CC.CC. The minimum Gasteiger partial charge on any atom is -0.272 e. The molecule has 0 aromatic heterocycles. The van der Waals surface area contributed by atoms with Gasteiger partial charge in [0.15, 0.2) is 0 Å². The van der Waals surface area contributed by atoms with Crippen LogP contribution in [0.4, 0.5) is 0 Å². The minimum atomic E-state index is 1.10. The maximum atomic E-state index is 3.67. The average Bonchev–Trinajstić information content (AvgIpc) is 2.19. The second-order valence-electron chi connectivity index (χ2n) is 2.38. The Kier molecular flexibility index (Phi) is 13.1. The van der Waals surface area contributed by atoms with Crippen molar-refractivity contribution in [3.8, 4) is 0 Å². The highest BCUT2D eigenvalue weighted by Crippen LogP contribution is 2.16. The summed E-state index contributed by atoms with van der Waals surface area (Å²) in [5.41, 5.74) is 2.53. The molecule has 0 aromatic rings. The standard InChI is InChI=1S/C9H11N.2C2H6/c1-8(7-10-2)6-9-4-3-5-9;2*1-2/h3-4,6-7H,2,5H2,1H3;2*1-2H3/b8-7-,9-6-;;. The van der Waals surface area contributed by atoms with Gasteiger partial charge in [-0.25, -0.2) is 0 Å². The van der Waals surface area contributed by atoms with Crippen molar-refractivity contribution in [2.45, 2.75) is 41.0 Å². The van der Waals surface area contributed by atoms with Crippen molar-refractivity contribution >= 4 is 6.72 Å². The second kappa shape index (κ2) is 11.9. The van der Waals surface area contributed by atoms with Crippen LogP contribution >= 0.6 is 0 Å². The molecule has 0 saturated heterocycles. The molecule has 0 saturated carbocycles. The summed E-state index contributed by atoms with van der Waals surface area (Å²) >= 11 is 0. The van der Waals surface area contributed by atoms with E-state index in [1.165, 1.54) is 5.57 Å². The Bertz CT molecular complexity index is 219. The molecular weight excluding hydrogens is 170 g/mol. The highest BCUT2D eigenvalue weighted by molar-refractivity contribution is 5.37. The second-order valence-corrected chi connectivity index (χ2v) is 2.38. The van der Waals surface area contributed by atoms with Gasteiger partial charge in [0, 0.05) is 6.20 Å². The van der Waals surface area contributed by atoms with E-state index in [9.17, 15) is 0 Å². The van der Waals surface area contributed by atoms with Crippen LogP contribution in [0.25, 0.3) is 0 Å². The molecule has 1 aliphatic rings. The van der Waals surface area contributed by atoms with E-state index in [2.05, 4.69) is 29.9 Å². The highest BCUT2D eigenvalue weighted by atomic mass is 14.6. The Hall–Kier alpha value is -1.11. The van der Waals surface area contributed by atoms with Gasteiger partial charge in [-0.3, -0.25) is 4.99 Å². The van der Waals surface area contributed by atoms with Gasteiger partial charge in [-0.05, 0) is 31.2 Å². The number of nitrogens with zero attached hydrogens (tertiary/aromatic N) is 1. The summed E-state index contributed by atoms with van der Waals surface area (Å²) in [6, 6.07) is 0. The predicted molar refractivity (Wildman–Crippen MR) is 67.8 cm³/mol. The van der Waals surface area contributed by atoms with Crippen LogP contribution in [0.15, 0.2) is 40.6 Å². The molecule has 0 bridgehead atoms. The predicted octanol–water partition coefficient (Wildman–Crippen LogP) is 4.53. The summed E-state index contributed by atoms with van der Waals surface area (Å²) in [4.78, 5) is 3.67. The highest BCUT2D eigenvalue weighted by Gasteiger charge is 1.97. The molecular formula is C13H23N. The largest absolute Gasteiger partial charge is 0.272 e. The fourth-order valence-corrected chi connectivity index (χ4v) is 0.835. The van der Waals surface area contributed by atoms with Gasteiger partial charge >= 0.3 is 0 Å². The smallest absolute Gasteiger partial charge is 0.0289 e. The maximum Gasteiger partial charge on any atom is 0.0289 e. The summed E-state index contributed by atoms with van der Waals surface area (Å²) in [7, 11) is 0. The summed E-state index contributed by atoms with van der Waals surface area (Å²) in [5, 5.41) is 0. The lowest BCUT2D eigenvalue weighted by molar-refractivity contribution is 1.18. The van der Waals surface area contributed by atoms with Crippen molar-refractivity contribution in [2.75, 3.05) is 0 Å². The van der Waals surface area contributed by atoms with E-state index in [0.29, 0.717) is 0 Å². The average molecular weight is 193 g/mol. The molecule has 1 rings (SSSR count). The van der Waals surface area contributed by atoms with Gasteiger partial charge < -0.3 is 0 Å². The molecule has 0 heterocycles. The van der Waals surface area contributed by atoms with Crippen molar-refractivity contribution in [3.63, 3.8) is 0 Å². The third-order valence-electron chi connectivity index (χ3n) is 1.39. The molecule has 0 N–H and O–H groups in total. The number of hydrogen-bond donors (Lipinski definition) is 0. The van der Waals surface area contributed by atoms with E-state index >= 15 is 0 Å². The van der Waals surface area contributed by atoms with Crippen LogP contribution in [-0.4, -0.2) is 6.72 Å². The lowest BCUT2D eigenvalue weighted by Gasteiger charge is -2.05. The number of aliphatic imine (C=N–C) groups is 1. The van der Waals surface area contributed by atoms with Crippen LogP contribution in [-0.2, 0) is 0 Å². The molecule has 1 nitrogen and oxygen atoms in total. The molecule has 14 heavy (non-hydrogen) atoms. The van der Waals surface area contributed by atoms with E-state index in [0.717, 1.165) is 12.0 Å². The van der Waals surface area contributed by atoms with Crippen LogP contribution in [0, 0.1) is 0 Å². The van der Waals surface area contributed by atoms with Gasteiger partial charge in [0.2, 0.25) is 0 Å². The molecule has 0 fully saturated rings. The zero-order valence-electron chi connectivity index (χ0n) is 10.2. The number of hydrogen-bond acceptors (Lipinski definition) is 1. The van der Waals surface area contributed by atoms with E-state index in [-0.39, 0.29) is 0 Å². The van der Waals surface area contributed by atoms with E-state index in [1.807, 2.05) is 34.6 Å². The lowest BCUT2D eigenvalue weighted by Crippen LogP contribution is -1.85. The monoisotopic (exact) mass is 193 g/mol. The molecule has 0 amide bonds. The summed E-state index contributed by atoms with van der Waals surface area (Å²) in [5.74, 6) is 0. The number of rotatable bonds is 2. The summed E-state index contributed by atoms with van der Waals surface area (Å²) in [6.45, 7) is 13.4. The van der Waals surface area contributed by atoms with Crippen molar-refractivity contribution in [1.29, 1.82) is 0 Å². The van der Waals surface area contributed by atoms with Gasteiger partial charge in [0.1, 0.15) is 0 Å². The van der Waals surface area contributed by atoms with Gasteiger partial charge in [-0.15, -0.1) is 0 Å². The molecule has 0 aliphatic heterocycles. The van der Waals surface area contributed by atoms with Crippen molar-refractivity contribution in [3.05, 3.63) is 35.6 Å². The van der Waals surface area contributed by atoms with Crippen molar-refractivity contribution in [2.24, 2.45) is 4.99 Å². The normalized spacial score (nSPS) is 15.8. The first-order valence-electron chi connectivity index (χ1n) is 5.32. The fourth-order valence-electron chi connectivity index (χ4n) is 0.835. The van der Waals surface area contributed by atoms with E-state index < -0.39 is 0 Å². The quantitative estimate of drug-likeness (QED) is 0.571. The first kappa shape index (κ1) is 15.4. The summed E-state index contributed by atoms with van der Waals surface area (Å²) < 4.78 is 0. The Morgan fingerprint density at radius 2 is 1.86 bits per heavy atom. The van der Waals surface area contributed by atoms with E-state index in [4.69, 9.17) is 0 Å². The first-order valence-corrected chi connectivity index (χ1v) is 5.32. The summed E-state index contributed by atoms with van der Waals surface area (Å²) in [6.07, 6.45) is 9.23. The zero-order chi connectivity index (χ0) is 11.4. The Labute approximate surface area is 89.0 Å². The minimum absolute atomic E-state index is 1.10. The third kappa shape index (κ3) is 7.53. The molecule has 80 valence electrons. The van der Waals surface area contributed by atoms with Gasteiger partial charge in [0.25, 0.3) is 0 Å². The van der Waals surface area contributed by atoms with E-state index in [1.54, 1.807) is 6.20 Å². The fraction of sp³-hybridized carbons (Fsp3) is 0.462. The third-order valence-corrected chi connectivity index (χ3v) is 1.39. The van der Waals surface area contributed by atoms with Crippen LogP contribution in [0.5, 0.6) is 0 Å². The Morgan fingerprint density at radius 1 is 1.36 bits per heavy atom. The van der Waals surface area contributed by atoms with Crippen molar-refractivity contribution in [1.82, 2.24) is 0 Å². The van der Waals surface area contributed by atoms with Gasteiger partial charge in [-0.2, -0.15) is 0 Å². The van der Waals surface area contributed by atoms with Crippen molar-refractivity contribution < 1.29 is 0 Å². The molecule has 0 aromatic carbocycles. The van der Waals surface area contributed by atoms with Crippen LogP contribution < -0.4 is 0 Å². The molecule has 1 aliphatic carbocycles. The number of allylic oxidation sites excluding steroid dienone is 5. The Balaban J connectivity index is 0. The zero-order valence-corrected chi connectivity index (χ0v) is 10.2. The topological polar surface area (TPSA) is 12.4 Å². The van der Waals surface area contributed by atoms with Gasteiger partial charge in [-0.1, -0.05) is 45.9 Å². The first-order chi connectivity index (χ1) is 6.83. The molecule has 0 atom stereocenters. The van der Waals surface area contributed by atoms with Gasteiger partial charge in [0.05, 0.1) is 0 Å². The molecule has 0 spiro atoms. The Morgan fingerprint density at radius 3 is 2.14 bits per heavy atom. The molecule has 0 unspecified atom stereocenters. The molecule has 1 heteroatoms. The van der Waals surface area contributed by atoms with Crippen LogP contribution in [0.1, 0.15) is 41.0 Å². The van der Waals surface area contributed by atoms with Crippen LogP contribution in [0.3, 0.4) is 0 Å². The van der Waals surface area contributed by atoms with Crippen LogP contribution in [0.2, 0.25) is 0 Å². The maximum absolute atomic E-state index is 3.67. The molecule has 0 radical (unpaired) electrons. The lowest BCUT2D eigenvalue weighted by atomic mass is 10.0.